The van der Waals surface area contributed by atoms with Crippen LogP contribution in [-0.2, 0) is 0 Å². The number of nitrogens with zero attached hydrogens (tertiary/aromatic N) is 1. The van der Waals surface area contributed by atoms with Crippen LogP contribution in [0.4, 0.5) is 0 Å². The van der Waals surface area contributed by atoms with Gasteiger partial charge in [-0.15, -0.1) is 12.6 Å². The highest BCUT2D eigenvalue weighted by atomic mass is 35.5. The van der Waals surface area contributed by atoms with Crippen LogP contribution in [0.3, 0.4) is 0 Å². The molecular formula is C3H4ClNS. The van der Waals surface area contributed by atoms with E-state index in [0.717, 1.165) is 0 Å². The second kappa shape index (κ2) is 1.72. The Labute approximate surface area is 47.3 Å². The minimum absolute atomic E-state index is 0.986. The van der Waals surface area contributed by atoms with Crippen molar-refractivity contribution in [3.8, 4) is 6.07 Å². The van der Waals surface area contributed by atoms with E-state index in [1.165, 1.54) is 6.92 Å². The Hall–Kier alpha value is 0.130. The van der Waals surface area contributed by atoms with Crippen molar-refractivity contribution in [2.45, 2.75) is 11.1 Å². The van der Waals surface area contributed by atoms with E-state index in [1.54, 1.807) is 6.07 Å². The molecule has 3 heteroatoms. The first-order valence-corrected chi connectivity index (χ1v) is 2.21. The summed E-state index contributed by atoms with van der Waals surface area (Å²) in [4.78, 5) is 0. The molecule has 0 fully saturated rings. The Kier molecular flexibility index (Phi) is 1.76. The molecule has 1 nitrogen and oxygen atoms in total. The van der Waals surface area contributed by atoms with Gasteiger partial charge < -0.3 is 0 Å². The Morgan fingerprint density at radius 1 is 2.00 bits per heavy atom. The summed E-state index contributed by atoms with van der Waals surface area (Å²) in [5.41, 5.74) is 0. The van der Waals surface area contributed by atoms with Gasteiger partial charge in [0.15, 0.2) is 4.21 Å². The highest BCUT2D eigenvalue weighted by Gasteiger charge is 2.09. The predicted octanol–water partition coefficient (Wildman–Crippen LogP) is 1.39. The van der Waals surface area contributed by atoms with Crippen molar-refractivity contribution >= 4 is 24.2 Å². The van der Waals surface area contributed by atoms with Crippen molar-refractivity contribution in [1.29, 1.82) is 5.26 Å². The number of hydrogen-bond acceptors (Lipinski definition) is 2. The van der Waals surface area contributed by atoms with Crippen LogP contribution in [0.1, 0.15) is 6.92 Å². The summed E-state index contributed by atoms with van der Waals surface area (Å²) in [5.74, 6) is 0. The highest BCUT2D eigenvalue weighted by Crippen LogP contribution is 2.15. The van der Waals surface area contributed by atoms with Crippen LogP contribution in [-0.4, -0.2) is 4.21 Å². The maximum atomic E-state index is 7.94. The molecule has 0 aromatic rings. The number of alkyl halides is 1. The molecule has 0 spiro atoms. The minimum Gasteiger partial charge on any atom is -0.195 e. The monoisotopic (exact) mass is 121 g/mol. The molecule has 0 heterocycles. The third-order valence-corrected chi connectivity index (χ3v) is 0.389. The quantitative estimate of drug-likeness (QED) is 0.380. The fourth-order valence-electron chi connectivity index (χ4n) is 0. The Bertz CT molecular complexity index is 77.8. The van der Waals surface area contributed by atoms with Crippen molar-refractivity contribution in [3.63, 3.8) is 0 Å². The molecule has 0 aliphatic heterocycles. The average Bonchev–Trinajstić information content (AvgIpc) is 1.35. The van der Waals surface area contributed by atoms with E-state index in [4.69, 9.17) is 16.9 Å². The molecule has 0 aliphatic carbocycles. The Balaban J connectivity index is 3.55. The molecule has 6 heavy (non-hydrogen) atoms. The van der Waals surface area contributed by atoms with Crippen molar-refractivity contribution in [2.24, 2.45) is 0 Å². The van der Waals surface area contributed by atoms with Crippen molar-refractivity contribution in [1.82, 2.24) is 0 Å². The van der Waals surface area contributed by atoms with Gasteiger partial charge in [-0.2, -0.15) is 5.26 Å². The smallest absolute Gasteiger partial charge is 0.170 e. The van der Waals surface area contributed by atoms with Crippen LogP contribution in [0.15, 0.2) is 0 Å². The lowest BCUT2D eigenvalue weighted by molar-refractivity contribution is 1.16. The summed E-state index contributed by atoms with van der Waals surface area (Å²) in [5, 5.41) is 7.94. The zero-order valence-corrected chi connectivity index (χ0v) is 4.92. The second-order valence-corrected chi connectivity index (χ2v) is 2.98. The summed E-state index contributed by atoms with van der Waals surface area (Å²) >= 11 is 8.88. The number of rotatable bonds is 0. The molecule has 0 saturated heterocycles. The van der Waals surface area contributed by atoms with Crippen LogP contribution >= 0.6 is 24.2 Å². The van der Waals surface area contributed by atoms with Crippen LogP contribution in [0.5, 0.6) is 0 Å². The molecule has 0 bridgehead atoms. The van der Waals surface area contributed by atoms with Gasteiger partial charge in [-0.05, 0) is 6.92 Å². The topological polar surface area (TPSA) is 23.8 Å². The molecule has 0 rings (SSSR count). The van der Waals surface area contributed by atoms with Crippen LogP contribution in [0.2, 0.25) is 0 Å². The van der Waals surface area contributed by atoms with Crippen LogP contribution < -0.4 is 0 Å². The molecule has 0 aromatic heterocycles. The zero-order chi connectivity index (χ0) is 5.21. The van der Waals surface area contributed by atoms with Gasteiger partial charge in [0.1, 0.15) is 0 Å². The lowest BCUT2D eigenvalue weighted by Crippen LogP contribution is -1.98. The zero-order valence-electron chi connectivity index (χ0n) is 3.27. The number of hydrogen-bond donors (Lipinski definition) is 1. The van der Waals surface area contributed by atoms with Crippen molar-refractivity contribution in [3.05, 3.63) is 0 Å². The maximum Gasteiger partial charge on any atom is 0.170 e. The van der Waals surface area contributed by atoms with E-state index in [-0.39, 0.29) is 0 Å². The van der Waals surface area contributed by atoms with Gasteiger partial charge in [0, 0.05) is 0 Å². The summed E-state index contributed by atoms with van der Waals surface area (Å²) in [6, 6.07) is 1.73. The first kappa shape index (κ1) is 6.13. The third kappa shape index (κ3) is 4.13. The maximum absolute atomic E-state index is 7.94. The highest BCUT2D eigenvalue weighted by molar-refractivity contribution is 7.83. The van der Waals surface area contributed by atoms with E-state index in [9.17, 15) is 0 Å². The molecule has 1 atom stereocenters. The van der Waals surface area contributed by atoms with Gasteiger partial charge in [0.05, 0.1) is 6.07 Å². The Morgan fingerprint density at radius 3 is 2.17 bits per heavy atom. The van der Waals surface area contributed by atoms with Crippen LogP contribution in [0.25, 0.3) is 0 Å². The van der Waals surface area contributed by atoms with E-state index in [0.29, 0.717) is 0 Å². The molecule has 0 radical (unpaired) electrons. The SMILES string of the molecule is CC(S)(Cl)C#N. The molecule has 0 aromatic carbocycles. The van der Waals surface area contributed by atoms with Gasteiger partial charge in [0.25, 0.3) is 0 Å². The van der Waals surface area contributed by atoms with Gasteiger partial charge in [-0.25, -0.2) is 0 Å². The van der Waals surface area contributed by atoms with Crippen molar-refractivity contribution < 1.29 is 0 Å². The van der Waals surface area contributed by atoms with Gasteiger partial charge in [-0.1, -0.05) is 11.6 Å². The fourth-order valence-corrected chi connectivity index (χ4v) is 0. The lowest BCUT2D eigenvalue weighted by Gasteiger charge is -1.96. The Morgan fingerprint density at radius 2 is 2.17 bits per heavy atom. The third-order valence-electron chi connectivity index (χ3n) is 0.204. The summed E-state index contributed by atoms with van der Waals surface area (Å²) < 4.78 is -0.986. The van der Waals surface area contributed by atoms with Gasteiger partial charge >= 0.3 is 0 Å². The summed E-state index contributed by atoms with van der Waals surface area (Å²) in [7, 11) is 0. The van der Waals surface area contributed by atoms with E-state index in [2.05, 4.69) is 12.6 Å². The van der Waals surface area contributed by atoms with E-state index >= 15 is 0 Å². The van der Waals surface area contributed by atoms with E-state index in [1.807, 2.05) is 0 Å². The second-order valence-electron chi connectivity index (χ2n) is 1.07. The van der Waals surface area contributed by atoms with Crippen LogP contribution in [0, 0.1) is 11.3 Å². The summed E-state index contributed by atoms with van der Waals surface area (Å²) in [6.45, 7) is 1.51. The van der Waals surface area contributed by atoms with Crippen molar-refractivity contribution in [2.75, 3.05) is 0 Å². The first-order valence-electron chi connectivity index (χ1n) is 1.39. The number of nitriles is 1. The number of thiol groups is 1. The molecule has 34 valence electrons. The normalized spacial score (nSPS) is 18.3. The van der Waals surface area contributed by atoms with E-state index < -0.39 is 4.21 Å². The largest absolute Gasteiger partial charge is 0.195 e. The fraction of sp³-hybridized carbons (Fsp3) is 0.667. The minimum atomic E-state index is -0.986. The van der Waals surface area contributed by atoms with Gasteiger partial charge in [-0.3, -0.25) is 0 Å². The molecule has 1 unspecified atom stereocenters. The summed E-state index contributed by atoms with van der Waals surface area (Å²) in [6.07, 6.45) is 0. The molecule has 0 aliphatic rings. The molecular weight excluding hydrogens is 118 g/mol. The predicted molar refractivity (Wildman–Crippen MR) is 28.9 cm³/mol. The van der Waals surface area contributed by atoms with Gasteiger partial charge in [0.2, 0.25) is 0 Å². The number of halogens is 1. The molecule has 0 saturated carbocycles. The first-order chi connectivity index (χ1) is 2.56. The molecule has 0 amide bonds. The standard InChI is InChI=1S/C3H4ClNS/c1-3(4,6)2-5/h6H,1H3. The average molecular weight is 122 g/mol. The molecule has 0 N–H and O–H groups in total. The lowest BCUT2D eigenvalue weighted by atomic mass is 10.5.